The average molecular weight is 537 g/mol. The van der Waals surface area contributed by atoms with Gasteiger partial charge in [0.25, 0.3) is 11.8 Å². The van der Waals surface area contributed by atoms with Crippen molar-refractivity contribution in [2.75, 3.05) is 5.32 Å². The maximum Gasteiger partial charge on any atom is 0.330 e. The Labute approximate surface area is 223 Å². The average Bonchev–Trinajstić information content (AvgIpc) is 3.42. The molecule has 4 rings (SSSR count). The van der Waals surface area contributed by atoms with Crippen LogP contribution in [0.1, 0.15) is 27.8 Å². The second-order valence-corrected chi connectivity index (χ2v) is 8.94. The van der Waals surface area contributed by atoms with E-state index < -0.39 is 29.9 Å². The summed E-state index contributed by atoms with van der Waals surface area (Å²) in [6, 6.07) is 24.2. The fraction of sp³-hybridized carbons (Fsp3) is 0.107. The van der Waals surface area contributed by atoms with Crippen molar-refractivity contribution < 1.29 is 23.5 Å². The van der Waals surface area contributed by atoms with Crippen LogP contribution in [0.25, 0.3) is 0 Å². The van der Waals surface area contributed by atoms with E-state index in [1.54, 1.807) is 36.4 Å². The van der Waals surface area contributed by atoms with Crippen LogP contribution in [0.3, 0.4) is 0 Å². The number of benzene rings is 3. The Balaban J connectivity index is 1.59. The number of anilines is 1. The summed E-state index contributed by atoms with van der Waals surface area (Å²) in [4.78, 5) is 39.4. The summed E-state index contributed by atoms with van der Waals surface area (Å²) in [6.45, 7) is 0. The first-order valence-electron chi connectivity index (χ1n) is 11.3. The molecule has 1 aromatic heterocycles. The van der Waals surface area contributed by atoms with Gasteiger partial charge in [0.2, 0.25) is 6.10 Å². The van der Waals surface area contributed by atoms with Crippen LogP contribution in [0.4, 0.5) is 5.69 Å². The summed E-state index contributed by atoms with van der Waals surface area (Å²) in [6.07, 6.45) is 0.182. The Bertz CT molecular complexity index is 1340. The van der Waals surface area contributed by atoms with Crippen LogP contribution < -0.4 is 10.6 Å². The number of amides is 2. The van der Waals surface area contributed by atoms with Gasteiger partial charge in [-0.15, -0.1) is 0 Å². The number of nitrogens with one attached hydrogen (secondary N) is 2. The minimum absolute atomic E-state index is 0.0426. The molecular weight excluding hydrogens is 515 g/mol. The van der Waals surface area contributed by atoms with Gasteiger partial charge in [-0.05, 0) is 35.9 Å². The smallest absolute Gasteiger partial charge is 0.330 e. The second-order valence-electron chi connectivity index (χ2n) is 8.07. The molecule has 0 saturated heterocycles. The van der Waals surface area contributed by atoms with Gasteiger partial charge >= 0.3 is 5.97 Å². The Morgan fingerprint density at radius 2 is 1.49 bits per heavy atom. The minimum atomic E-state index is -1.31. The van der Waals surface area contributed by atoms with Crippen molar-refractivity contribution in [2.45, 2.75) is 18.6 Å². The highest BCUT2D eigenvalue weighted by atomic mass is 35.5. The Kier molecular flexibility index (Phi) is 8.61. The van der Waals surface area contributed by atoms with Crippen molar-refractivity contribution in [1.82, 2.24) is 5.32 Å². The second kappa shape index (κ2) is 12.3. The van der Waals surface area contributed by atoms with Gasteiger partial charge in [0.05, 0.1) is 6.26 Å². The van der Waals surface area contributed by atoms with E-state index in [4.69, 9.17) is 32.4 Å². The van der Waals surface area contributed by atoms with Crippen molar-refractivity contribution in [3.8, 4) is 0 Å². The molecule has 37 heavy (non-hydrogen) atoms. The highest BCUT2D eigenvalue weighted by Crippen LogP contribution is 2.25. The Morgan fingerprint density at radius 1 is 0.838 bits per heavy atom. The molecule has 0 aliphatic heterocycles. The van der Waals surface area contributed by atoms with Crippen LogP contribution in [-0.2, 0) is 20.7 Å². The van der Waals surface area contributed by atoms with Gasteiger partial charge in [0.15, 0.2) is 5.76 Å². The molecule has 2 amide bonds. The third-order valence-electron chi connectivity index (χ3n) is 5.32. The van der Waals surface area contributed by atoms with Gasteiger partial charge in [-0.2, -0.15) is 0 Å². The molecule has 0 aliphatic rings. The number of carbonyl (C=O) groups is 3. The molecule has 9 heteroatoms. The summed E-state index contributed by atoms with van der Waals surface area (Å²) in [5, 5.41) is 6.01. The molecule has 188 valence electrons. The largest absolute Gasteiger partial charge is 0.459 e. The third kappa shape index (κ3) is 7.22. The van der Waals surface area contributed by atoms with E-state index in [1.807, 2.05) is 30.3 Å². The van der Waals surface area contributed by atoms with Crippen LogP contribution in [0.5, 0.6) is 0 Å². The zero-order chi connectivity index (χ0) is 26.2. The number of hydrogen-bond donors (Lipinski definition) is 2. The summed E-state index contributed by atoms with van der Waals surface area (Å²) in [5.41, 5.74) is 1.57. The predicted octanol–water partition coefficient (Wildman–Crippen LogP) is 5.85. The molecule has 3 aromatic carbocycles. The number of ether oxygens (including phenoxy) is 1. The monoisotopic (exact) mass is 536 g/mol. The number of rotatable bonds is 9. The van der Waals surface area contributed by atoms with Crippen LogP contribution >= 0.6 is 23.2 Å². The Hall–Kier alpha value is -4.07. The van der Waals surface area contributed by atoms with Crippen molar-refractivity contribution in [3.05, 3.63) is 124 Å². The molecule has 0 saturated carbocycles. The van der Waals surface area contributed by atoms with Crippen LogP contribution in [0.15, 0.2) is 102 Å². The summed E-state index contributed by atoms with van der Waals surface area (Å²) in [5.74, 6) is -1.95. The lowest BCUT2D eigenvalue weighted by atomic mass is 10.0. The van der Waals surface area contributed by atoms with Gasteiger partial charge in [-0.1, -0.05) is 83.9 Å². The van der Waals surface area contributed by atoms with Crippen molar-refractivity contribution >= 4 is 46.7 Å². The quantitative estimate of drug-likeness (QED) is 0.261. The van der Waals surface area contributed by atoms with Crippen molar-refractivity contribution in [3.63, 3.8) is 0 Å². The van der Waals surface area contributed by atoms with Crippen LogP contribution in [-0.4, -0.2) is 23.8 Å². The summed E-state index contributed by atoms with van der Waals surface area (Å²) < 4.78 is 10.9. The molecule has 4 aromatic rings. The molecule has 7 nitrogen and oxygen atoms in total. The third-order valence-corrected chi connectivity index (χ3v) is 5.76. The molecule has 2 N–H and O–H groups in total. The molecule has 0 radical (unpaired) electrons. The molecule has 1 heterocycles. The van der Waals surface area contributed by atoms with E-state index in [2.05, 4.69) is 10.6 Å². The van der Waals surface area contributed by atoms with E-state index in [0.717, 1.165) is 5.56 Å². The topological polar surface area (TPSA) is 97.6 Å². The Morgan fingerprint density at radius 3 is 2.11 bits per heavy atom. The zero-order valence-electron chi connectivity index (χ0n) is 19.4. The standard InChI is InChI=1S/C28H22Cl2N2O5/c29-20-15-21(30)17-22(16-20)31-27(34)25(19-10-5-2-6-11-19)37-28(35)23(14-18-8-3-1-4-9-18)32-26(33)24-12-7-13-36-24/h1-13,15-17,23,25H,14H2,(H,31,34)(H,32,33)/t23-,25-/m0/s1. The molecule has 0 bridgehead atoms. The highest BCUT2D eigenvalue weighted by Gasteiger charge is 2.31. The van der Waals surface area contributed by atoms with Crippen LogP contribution in [0, 0.1) is 0 Å². The first-order chi connectivity index (χ1) is 17.9. The first-order valence-corrected chi connectivity index (χ1v) is 12.1. The van der Waals surface area contributed by atoms with E-state index in [0.29, 0.717) is 21.3 Å². The van der Waals surface area contributed by atoms with E-state index in [1.165, 1.54) is 30.5 Å². The first kappa shape index (κ1) is 26.0. The highest BCUT2D eigenvalue weighted by molar-refractivity contribution is 6.35. The maximum atomic E-state index is 13.4. The molecule has 0 spiro atoms. The number of esters is 1. The van der Waals surface area contributed by atoms with Crippen LogP contribution in [0.2, 0.25) is 10.0 Å². The molecular formula is C28H22Cl2N2O5. The number of carbonyl (C=O) groups excluding carboxylic acids is 3. The fourth-order valence-corrected chi connectivity index (χ4v) is 4.14. The maximum absolute atomic E-state index is 13.4. The lowest BCUT2D eigenvalue weighted by molar-refractivity contribution is -0.156. The van der Waals surface area contributed by atoms with Gasteiger partial charge in [0.1, 0.15) is 6.04 Å². The normalized spacial score (nSPS) is 12.3. The summed E-state index contributed by atoms with van der Waals surface area (Å²) >= 11 is 12.1. The van der Waals surface area contributed by atoms with Crippen molar-refractivity contribution in [1.29, 1.82) is 0 Å². The van der Waals surface area contributed by atoms with Gasteiger partial charge in [-0.3, -0.25) is 9.59 Å². The molecule has 0 unspecified atom stereocenters. The zero-order valence-corrected chi connectivity index (χ0v) is 20.9. The lowest BCUT2D eigenvalue weighted by Gasteiger charge is -2.22. The molecule has 2 atom stereocenters. The summed E-state index contributed by atoms with van der Waals surface area (Å²) in [7, 11) is 0. The predicted molar refractivity (Wildman–Crippen MR) is 140 cm³/mol. The SMILES string of the molecule is O=C(N[C@@H](Cc1ccccc1)C(=O)O[C@H](C(=O)Nc1cc(Cl)cc(Cl)c1)c1ccccc1)c1ccco1. The van der Waals surface area contributed by atoms with Gasteiger partial charge in [0, 0.05) is 27.7 Å². The lowest BCUT2D eigenvalue weighted by Crippen LogP contribution is -2.44. The van der Waals surface area contributed by atoms with Gasteiger partial charge < -0.3 is 19.8 Å². The van der Waals surface area contributed by atoms with E-state index >= 15 is 0 Å². The number of furan rings is 1. The van der Waals surface area contributed by atoms with Crippen molar-refractivity contribution in [2.24, 2.45) is 0 Å². The van der Waals surface area contributed by atoms with E-state index in [9.17, 15) is 14.4 Å². The number of halogens is 2. The minimum Gasteiger partial charge on any atom is -0.459 e. The molecule has 0 fully saturated rings. The molecule has 0 aliphatic carbocycles. The van der Waals surface area contributed by atoms with Gasteiger partial charge in [-0.25, -0.2) is 4.79 Å². The number of hydrogen-bond acceptors (Lipinski definition) is 5. The fourth-order valence-electron chi connectivity index (χ4n) is 3.61. The van der Waals surface area contributed by atoms with E-state index in [-0.39, 0.29) is 12.2 Å².